The lowest BCUT2D eigenvalue weighted by Gasteiger charge is -2.34. The van der Waals surface area contributed by atoms with Gasteiger partial charge in [0.25, 0.3) is 0 Å². The Hall–Kier alpha value is -2.46. The molecule has 1 aliphatic carbocycles. The van der Waals surface area contributed by atoms with Gasteiger partial charge in [-0.25, -0.2) is 0 Å². The third-order valence-electron chi connectivity index (χ3n) is 5.10. The van der Waals surface area contributed by atoms with E-state index in [4.69, 9.17) is 21.1 Å². The van der Waals surface area contributed by atoms with Crippen molar-refractivity contribution in [3.63, 3.8) is 0 Å². The SMILES string of the molecule is COc1cc2c(cc1OC)[C@H](c1ccc(Cl)cc1)C1=C(CCCC1=O)N2. The molecule has 0 amide bonds. The molecule has 1 atom stereocenters. The van der Waals surface area contributed by atoms with Crippen LogP contribution in [0.5, 0.6) is 11.5 Å². The van der Waals surface area contributed by atoms with Gasteiger partial charge in [-0.3, -0.25) is 4.79 Å². The molecular weight excluding hydrogens is 350 g/mol. The minimum atomic E-state index is -0.133. The minimum absolute atomic E-state index is 0.133. The third-order valence-corrected chi connectivity index (χ3v) is 5.35. The van der Waals surface area contributed by atoms with E-state index in [1.54, 1.807) is 14.2 Å². The van der Waals surface area contributed by atoms with Crippen molar-refractivity contribution >= 4 is 23.1 Å². The molecular formula is C21H20ClNO3. The summed E-state index contributed by atoms with van der Waals surface area (Å²) in [4.78, 5) is 12.8. The lowest BCUT2D eigenvalue weighted by atomic mass is 9.75. The second-order valence-electron chi connectivity index (χ2n) is 6.57. The maximum Gasteiger partial charge on any atom is 0.162 e. The van der Waals surface area contributed by atoms with Gasteiger partial charge in [-0.2, -0.15) is 0 Å². The fourth-order valence-corrected chi connectivity index (χ4v) is 4.02. The smallest absolute Gasteiger partial charge is 0.162 e. The van der Waals surface area contributed by atoms with Crippen LogP contribution in [-0.4, -0.2) is 20.0 Å². The van der Waals surface area contributed by atoms with Gasteiger partial charge in [0.2, 0.25) is 0 Å². The number of rotatable bonds is 3. The summed E-state index contributed by atoms with van der Waals surface area (Å²) < 4.78 is 10.9. The van der Waals surface area contributed by atoms with E-state index in [1.165, 1.54) is 0 Å². The molecule has 0 saturated carbocycles. The zero-order chi connectivity index (χ0) is 18.3. The molecule has 0 fully saturated rings. The highest BCUT2D eigenvalue weighted by molar-refractivity contribution is 6.30. The topological polar surface area (TPSA) is 47.6 Å². The van der Waals surface area contributed by atoms with Crippen molar-refractivity contribution in [1.29, 1.82) is 0 Å². The Kier molecular flexibility index (Phi) is 4.37. The van der Waals surface area contributed by atoms with E-state index < -0.39 is 0 Å². The Labute approximate surface area is 157 Å². The average Bonchev–Trinajstić information content (AvgIpc) is 2.66. The number of hydrogen-bond acceptors (Lipinski definition) is 4. The van der Waals surface area contributed by atoms with Crippen LogP contribution in [0.1, 0.15) is 36.3 Å². The zero-order valence-electron chi connectivity index (χ0n) is 14.8. The van der Waals surface area contributed by atoms with Crippen molar-refractivity contribution in [2.75, 3.05) is 19.5 Å². The second-order valence-corrected chi connectivity index (χ2v) is 7.01. The van der Waals surface area contributed by atoms with Crippen LogP contribution >= 0.6 is 11.6 Å². The van der Waals surface area contributed by atoms with Crippen molar-refractivity contribution in [2.24, 2.45) is 0 Å². The number of allylic oxidation sites excluding steroid dienone is 2. The first kappa shape index (κ1) is 17.0. The van der Waals surface area contributed by atoms with E-state index in [2.05, 4.69) is 5.32 Å². The van der Waals surface area contributed by atoms with Crippen LogP contribution in [0.4, 0.5) is 5.69 Å². The number of carbonyl (C=O) groups excluding carboxylic acids is 1. The molecule has 0 saturated heterocycles. The second kappa shape index (κ2) is 6.69. The molecule has 0 aromatic heterocycles. The van der Waals surface area contributed by atoms with E-state index in [9.17, 15) is 4.79 Å². The average molecular weight is 370 g/mol. The molecule has 0 bridgehead atoms. The van der Waals surface area contributed by atoms with E-state index >= 15 is 0 Å². The van der Waals surface area contributed by atoms with Crippen LogP contribution in [0.2, 0.25) is 5.02 Å². The zero-order valence-corrected chi connectivity index (χ0v) is 15.5. The van der Waals surface area contributed by atoms with E-state index in [0.717, 1.165) is 40.9 Å². The predicted octanol–water partition coefficient (Wildman–Crippen LogP) is 4.92. The molecule has 0 radical (unpaired) electrons. The first-order valence-electron chi connectivity index (χ1n) is 8.67. The number of anilines is 1. The van der Waals surface area contributed by atoms with Crippen LogP contribution in [0, 0.1) is 0 Å². The Balaban J connectivity index is 1.94. The Morgan fingerprint density at radius 2 is 1.73 bits per heavy atom. The van der Waals surface area contributed by atoms with Gasteiger partial charge in [0.1, 0.15) is 0 Å². The Morgan fingerprint density at radius 1 is 1.04 bits per heavy atom. The molecule has 4 nitrogen and oxygen atoms in total. The molecule has 26 heavy (non-hydrogen) atoms. The molecule has 134 valence electrons. The van der Waals surface area contributed by atoms with Gasteiger partial charge in [0, 0.05) is 40.4 Å². The summed E-state index contributed by atoms with van der Waals surface area (Å²) in [6.45, 7) is 0. The Morgan fingerprint density at radius 3 is 2.42 bits per heavy atom. The number of fused-ring (bicyclic) bond motifs is 1. The highest BCUT2D eigenvalue weighted by Crippen LogP contribution is 2.48. The summed E-state index contributed by atoms with van der Waals surface area (Å²) in [5.41, 5.74) is 4.89. The molecule has 0 spiro atoms. The summed E-state index contributed by atoms with van der Waals surface area (Å²) in [7, 11) is 3.24. The third kappa shape index (κ3) is 2.74. The highest BCUT2D eigenvalue weighted by Gasteiger charge is 2.35. The van der Waals surface area contributed by atoms with Crippen molar-refractivity contribution < 1.29 is 14.3 Å². The van der Waals surface area contributed by atoms with E-state index in [0.29, 0.717) is 22.9 Å². The summed E-state index contributed by atoms with van der Waals surface area (Å²) in [5, 5.41) is 4.14. The molecule has 1 N–H and O–H groups in total. The molecule has 2 aliphatic rings. The standard InChI is InChI=1S/C21H20ClNO3/c1-25-18-10-14-16(11-19(18)26-2)23-15-4-3-5-17(24)21(15)20(14)12-6-8-13(22)9-7-12/h6-11,20,23H,3-5H2,1-2H3/t20-/m0/s1. The number of benzene rings is 2. The van der Waals surface area contributed by atoms with Gasteiger partial charge in [-0.15, -0.1) is 0 Å². The molecule has 5 heteroatoms. The summed E-state index contributed by atoms with van der Waals surface area (Å²) in [6.07, 6.45) is 2.34. The number of halogens is 1. The quantitative estimate of drug-likeness (QED) is 0.834. The number of nitrogens with one attached hydrogen (secondary N) is 1. The maximum atomic E-state index is 12.8. The van der Waals surface area contributed by atoms with Crippen LogP contribution in [0.25, 0.3) is 0 Å². The first-order valence-corrected chi connectivity index (χ1v) is 9.05. The summed E-state index contributed by atoms with van der Waals surface area (Å²) in [5.74, 6) is 1.39. The fraction of sp³-hybridized carbons (Fsp3) is 0.286. The number of ketones is 1. The first-order chi connectivity index (χ1) is 12.6. The van der Waals surface area contributed by atoms with Gasteiger partial charge in [-0.05, 0) is 42.2 Å². The number of hydrogen-bond donors (Lipinski definition) is 1. The van der Waals surface area contributed by atoms with Crippen LogP contribution in [0.15, 0.2) is 47.7 Å². The lowest BCUT2D eigenvalue weighted by molar-refractivity contribution is -0.116. The molecule has 2 aromatic rings. The van der Waals surface area contributed by atoms with Gasteiger partial charge in [0.15, 0.2) is 17.3 Å². The van der Waals surface area contributed by atoms with Gasteiger partial charge in [0.05, 0.1) is 14.2 Å². The number of ether oxygens (including phenoxy) is 2. The Bertz CT molecular complexity index is 902. The summed E-state index contributed by atoms with van der Waals surface area (Å²) >= 11 is 6.08. The van der Waals surface area contributed by atoms with Crippen LogP contribution in [-0.2, 0) is 4.79 Å². The summed E-state index contributed by atoms with van der Waals surface area (Å²) in [6, 6.07) is 11.6. The fourth-order valence-electron chi connectivity index (χ4n) is 3.89. The van der Waals surface area contributed by atoms with Gasteiger partial charge in [-0.1, -0.05) is 23.7 Å². The van der Waals surface area contributed by atoms with Crippen LogP contribution < -0.4 is 14.8 Å². The van der Waals surface area contributed by atoms with E-state index in [-0.39, 0.29) is 11.7 Å². The number of carbonyl (C=O) groups is 1. The predicted molar refractivity (Wildman–Crippen MR) is 102 cm³/mol. The van der Waals surface area contributed by atoms with Crippen LogP contribution in [0.3, 0.4) is 0 Å². The molecule has 1 heterocycles. The molecule has 2 aromatic carbocycles. The van der Waals surface area contributed by atoms with Gasteiger partial charge >= 0.3 is 0 Å². The molecule has 4 rings (SSSR count). The number of Topliss-reactive ketones (excluding diaryl/α,β-unsaturated/α-hetero) is 1. The monoisotopic (exact) mass is 369 g/mol. The maximum absolute atomic E-state index is 12.8. The largest absolute Gasteiger partial charge is 0.493 e. The van der Waals surface area contributed by atoms with Crippen molar-refractivity contribution in [3.05, 3.63) is 63.8 Å². The van der Waals surface area contributed by atoms with Gasteiger partial charge < -0.3 is 14.8 Å². The number of methoxy groups -OCH3 is 2. The van der Waals surface area contributed by atoms with Crippen molar-refractivity contribution in [2.45, 2.75) is 25.2 Å². The molecule has 1 aliphatic heterocycles. The lowest BCUT2D eigenvalue weighted by Crippen LogP contribution is -2.27. The normalized spacial score (nSPS) is 18.7. The highest BCUT2D eigenvalue weighted by atomic mass is 35.5. The minimum Gasteiger partial charge on any atom is -0.493 e. The van der Waals surface area contributed by atoms with E-state index in [1.807, 2.05) is 36.4 Å². The van der Waals surface area contributed by atoms with Crippen molar-refractivity contribution in [1.82, 2.24) is 0 Å². The molecule has 0 unspecified atom stereocenters. The van der Waals surface area contributed by atoms with Crippen molar-refractivity contribution in [3.8, 4) is 11.5 Å².